The van der Waals surface area contributed by atoms with Crippen LogP contribution in [0.15, 0.2) is 0 Å². The molecule has 0 bridgehead atoms. The van der Waals surface area contributed by atoms with Gasteiger partial charge in [-0.05, 0) is 19.3 Å². The van der Waals surface area contributed by atoms with Crippen LogP contribution in [0.2, 0.25) is 0 Å². The maximum Gasteiger partial charge on any atom is 0.312 e. The summed E-state index contributed by atoms with van der Waals surface area (Å²) in [5.74, 6) is -0.216. The Balaban J connectivity index is 1.88. The van der Waals surface area contributed by atoms with E-state index in [-0.39, 0.29) is 17.8 Å². The lowest BCUT2D eigenvalue weighted by Gasteiger charge is -2.26. The highest BCUT2D eigenvalue weighted by molar-refractivity contribution is 5.76. The van der Waals surface area contributed by atoms with Crippen LogP contribution in [-0.2, 0) is 19.0 Å². The zero-order valence-electron chi connectivity index (χ0n) is 8.86. The van der Waals surface area contributed by atoms with Crippen LogP contribution in [0.5, 0.6) is 0 Å². The van der Waals surface area contributed by atoms with E-state index in [1.165, 1.54) is 0 Å². The van der Waals surface area contributed by atoms with Crippen LogP contribution < -0.4 is 0 Å². The van der Waals surface area contributed by atoms with Crippen molar-refractivity contribution in [3.05, 3.63) is 0 Å². The molecule has 0 aromatic heterocycles. The fourth-order valence-corrected chi connectivity index (χ4v) is 4.32. The number of ether oxygens (including phenoxy) is 3. The Morgan fingerprint density at radius 3 is 2.87 bits per heavy atom. The molecular formula is C11H14O4. The van der Waals surface area contributed by atoms with Gasteiger partial charge in [0.15, 0.2) is 5.79 Å². The molecule has 3 heterocycles. The van der Waals surface area contributed by atoms with Crippen molar-refractivity contribution < 1.29 is 19.0 Å². The quantitative estimate of drug-likeness (QED) is 0.557. The van der Waals surface area contributed by atoms with E-state index in [0.29, 0.717) is 11.8 Å². The summed E-state index contributed by atoms with van der Waals surface area (Å²) in [6.45, 7) is 4.60. The molecule has 3 aliphatic heterocycles. The van der Waals surface area contributed by atoms with Crippen LogP contribution in [0.4, 0.5) is 0 Å². The van der Waals surface area contributed by atoms with E-state index in [1.54, 1.807) is 0 Å². The zero-order valence-corrected chi connectivity index (χ0v) is 8.86. The van der Waals surface area contributed by atoms with Gasteiger partial charge in [0.1, 0.15) is 0 Å². The summed E-state index contributed by atoms with van der Waals surface area (Å²) in [4.78, 5) is 11.7. The Kier molecular flexibility index (Phi) is 1.19. The van der Waals surface area contributed by atoms with Gasteiger partial charge in [-0.1, -0.05) is 0 Å². The van der Waals surface area contributed by atoms with Gasteiger partial charge >= 0.3 is 5.97 Å². The van der Waals surface area contributed by atoms with Crippen LogP contribution >= 0.6 is 0 Å². The molecule has 4 fully saturated rings. The third kappa shape index (κ3) is 0.742. The van der Waals surface area contributed by atoms with E-state index in [9.17, 15) is 4.79 Å². The zero-order chi connectivity index (χ0) is 10.4. The van der Waals surface area contributed by atoms with E-state index in [4.69, 9.17) is 14.2 Å². The minimum atomic E-state index is -0.726. The molecule has 3 saturated heterocycles. The number of carbonyl (C=O) groups is 1. The Morgan fingerprint density at radius 2 is 2.07 bits per heavy atom. The third-order valence-electron chi connectivity index (χ3n) is 4.69. The van der Waals surface area contributed by atoms with Crippen LogP contribution in [0.25, 0.3) is 0 Å². The molecule has 0 amide bonds. The SMILES string of the molecule is C[C@]12OCC3CC4C(=O)O[C@](C)(O1)C4C32. The van der Waals surface area contributed by atoms with Crippen molar-refractivity contribution in [3.63, 3.8) is 0 Å². The molecule has 0 N–H and O–H groups in total. The molecule has 0 aromatic carbocycles. The fourth-order valence-electron chi connectivity index (χ4n) is 4.32. The summed E-state index contributed by atoms with van der Waals surface area (Å²) < 4.78 is 17.0. The van der Waals surface area contributed by atoms with Gasteiger partial charge in [0.2, 0.25) is 5.79 Å². The van der Waals surface area contributed by atoms with Crippen LogP contribution in [0.3, 0.4) is 0 Å². The predicted octanol–water partition coefficient (Wildman–Crippen LogP) is 0.904. The second kappa shape index (κ2) is 2.09. The number of esters is 1. The molecule has 15 heavy (non-hydrogen) atoms. The molecule has 0 aromatic rings. The molecular weight excluding hydrogens is 196 g/mol. The van der Waals surface area contributed by atoms with Gasteiger partial charge in [0.25, 0.3) is 0 Å². The van der Waals surface area contributed by atoms with Crippen LogP contribution in [-0.4, -0.2) is 24.2 Å². The molecule has 4 heteroatoms. The summed E-state index contributed by atoms with van der Waals surface area (Å²) >= 11 is 0. The molecule has 4 aliphatic rings. The lowest BCUT2D eigenvalue weighted by atomic mass is 9.83. The van der Waals surface area contributed by atoms with Crippen LogP contribution in [0, 0.1) is 23.7 Å². The number of hydrogen-bond acceptors (Lipinski definition) is 4. The number of rotatable bonds is 0. The van der Waals surface area contributed by atoms with Crippen molar-refractivity contribution in [3.8, 4) is 0 Å². The maximum atomic E-state index is 11.7. The molecule has 0 radical (unpaired) electrons. The number of hydrogen-bond donors (Lipinski definition) is 0. The average molecular weight is 210 g/mol. The van der Waals surface area contributed by atoms with Gasteiger partial charge in [-0.15, -0.1) is 0 Å². The Hall–Kier alpha value is -0.610. The van der Waals surface area contributed by atoms with Crippen molar-refractivity contribution in [1.29, 1.82) is 0 Å². The Labute approximate surface area is 87.9 Å². The molecule has 4 nitrogen and oxygen atoms in total. The summed E-state index contributed by atoms with van der Waals surface area (Å²) in [6, 6.07) is 0. The molecule has 4 unspecified atom stereocenters. The van der Waals surface area contributed by atoms with Gasteiger partial charge in [-0.3, -0.25) is 4.79 Å². The van der Waals surface area contributed by atoms with E-state index in [2.05, 4.69) is 0 Å². The molecule has 1 saturated carbocycles. The summed E-state index contributed by atoms with van der Waals surface area (Å²) in [5.41, 5.74) is 0. The standard InChI is InChI=1S/C11H14O4/c1-10-7-5(4-13-10)3-6-8(7)11(2,15-10)14-9(6)12/h5-8H,3-4H2,1-2H3/t5?,6?,7?,8?,10-,11+/m0/s1. The van der Waals surface area contributed by atoms with Gasteiger partial charge in [-0.25, -0.2) is 0 Å². The van der Waals surface area contributed by atoms with Gasteiger partial charge in [0, 0.05) is 18.8 Å². The van der Waals surface area contributed by atoms with Crippen molar-refractivity contribution in [2.45, 2.75) is 31.8 Å². The first-order chi connectivity index (χ1) is 7.04. The highest BCUT2D eigenvalue weighted by atomic mass is 16.8. The van der Waals surface area contributed by atoms with E-state index < -0.39 is 11.6 Å². The van der Waals surface area contributed by atoms with E-state index in [1.807, 2.05) is 13.8 Å². The van der Waals surface area contributed by atoms with Gasteiger partial charge in [-0.2, -0.15) is 0 Å². The first kappa shape index (κ1) is 8.53. The van der Waals surface area contributed by atoms with Crippen molar-refractivity contribution in [2.75, 3.05) is 6.61 Å². The minimum Gasteiger partial charge on any atom is -0.433 e. The lowest BCUT2D eigenvalue weighted by molar-refractivity contribution is -0.287. The molecule has 82 valence electrons. The van der Waals surface area contributed by atoms with Gasteiger partial charge < -0.3 is 14.2 Å². The smallest absolute Gasteiger partial charge is 0.312 e. The topological polar surface area (TPSA) is 44.8 Å². The monoisotopic (exact) mass is 210 g/mol. The van der Waals surface area contributed by atoms with E-state index in [0.717, 1.165) is 13.0 Å². The fraction of sp³-hybridized carbons (Fsp3) is 0.909. The predicted molar refractivity (Wildman–Crippen MR) is 48.5 cm³/mol. The summed E-state index contributed by atoms with van der Waals surface area (Å²) in [7, 11) is 0. The minimum absolute atomic E-state index is 0.0516. The molecule has 6 atom stereocenters. The highest BCUT2D eigenvalue weighted by Gasteiger charge is 2.75. The summed E-state index contributed by atoms with van der Waals surface area (Å²) in [6.07, 6.45) is 0.919. The lowest BCUT2D eigenvalue weighted by Crippen LogP contribution is -2.35. The molecule has 0 spiro atoms. The maximum absolute atomic E-state index is 11.7. The molecule has 1 aliphatic carbocycles. The van der Waals surface area contributed by atoms with Crippen LogP contribution in [0.1, 0.15) is 20.3 Å². The average Bonchev–Trinajstić information content (AvgIpc) is 2.73. The number of carbonyl (C=O) groups excluding carboxylic acids is 1. The van der Waals surface area contributed by atoms with Crippen molar-refractivity contribution >= 4 is 5.97 Å². The Morgan fingerprint density at radius 1 is 1.27 bits per heavy atom. The van der Waals surface area contributed by atoms with Gasteiger partial charge in [0.05, 0.1) is 12.5 Å². The normalized spacial score (nSPS) is 64.8. The van der Waals surface area contributed by atoms with E-state index >= 15 is 0 Å². The molecule has 4 rings (SSSR count). The Bertz CT molecular complexity index is 368. The van der Waals surface area contributed by atoms with Crippen molar-refractivity contribution in [1.82, 2.24) is 0 Å². The second-order valence-electron chi connectivity index (χ2n) is 5.52. The first-order valence-electron chi connectivity index (χ1n) is 5.60. The first-order valence-corrected chi connectivity index (χ1v) is 5.60. The second-order valence-corrected chi connectivity index (χ2v) is 5.52. The largest absolute Gasteiger partial charge is 0.433 e. The summed E-state index contributed by atoms with van der Waals surface area (Å²) in [5, 5.41) is 0. The third-order valence-corrected chi connectivity index (χ3v) is 4.69. The van der Waals surface area contributed by atoms with Crippen molar-refractivity contribution in [2.24, 2.45) is 23.7 Å². The highest BCUT2D eigenvalue weighted by Crippen LogP contribution is 2.66.